The van der Waals surface area contributed by atoms with Crippen molar-refractivity contribution in [3.05, 3.63) is 51.3 Å². The molecular weight excluding hydrogens is 594 g/mol. The summed E-state index contributed by atoms with van der Waals surface area (Å²) in [7, 11) is -3.61. The van der Waals surface area contributed by atoms with E-state index in [1.54, 1.807) is 12.1 Å². The fourth-order valence-electron chi connectivity index (χ4n) is 4.72. The number of aromatic amines is 1. The van der Waals surface area contributed by atoms with Gasteiger partial charge in [-0.3, -0.25) is 19.5 Å². The lowest BCUT2D eigenvalue weighted by atomic mass is 10.0. The van der Waals surface area contributed by atoms with E-state index < -0.39 is 21.9 Å². The molecule has 3 aromatic heterocycles. The molecule has 4 heterocycles. The Bertz CT molecular complexity index is 1750. The van der Waals surface area contributed by atoms with E-state index in [0.29, 0.717) is 52.4 Å². The maximum Gasteiger partial charge on any atom is 0.348 e. The second-order valence-electron chi connectivity index (χ2n) is 9.79. The van der Waals surface area contributed by atoms with Crippen molar-refractivity contribution in [2.45, 2.75) is 32.6 Å². The molecule has 41 heavy (non-hydrogen) atoms. The van der Waals surface area contributed by atoms with Gasteiger partial charge in [0.25, 0.3) is 5.91 Å². The van der Waals surface area contributed by atoms with Crippen molar-refractivity contribution >= 4 is 67.1 Å². The first-order chi connectivity index (χ1) is 19.4. The average molecular weight is 620 g/mol. The Labute approximate surface area is 244 Å². The molecule has 0 radical (unpaired) electrons. The van der Waals surface area contributed by atoms with Crippen molar-refractivity contribution in [1.29, 1.82) is 0 Å². The Morgan fingerprint density at radius 3 is 2.56 bits per heavy atom. The number of rotatable bonds is 8. The Kier molecular flexibility index (Phi) is 7.98. The first-order valence-electron chi connectivity index (χ1n) is 12.4. The third-order valence-electron chi connectivity index (χ3n) is 6.21. The molecule has 0 saturated carbocycles. The molecule has 1 aliphatic rings. The van der Waals surface area contributed by atoms with Crippen LogP contribution in [0.1, 0.15) is 39.0 Å². The highest BCUT2D eigenvalue weighted by molar-refractivity contribution is 7.92. The number of morpholine rings is 1. The fourth-order valence-corrected chi connectivity index (χ4v) is 6.42. The normalized spacial score (nSPS) is 18.0. The van der Waals surface area contributed by atoms with Gasteiger partial charge in [0, 0.05) is 30.2 Å². The van der Waals surface area contributed by atoms with Crippen LogP contribution in [0, 0.1) is 0 Å². The van der Waals surface area contributed by atoms with E-state index in [-0.39, 0.29) is 33.6 Å². The van der Waals surface area contributed by atoms with Gasteiger partial charge in [0.15, 0.2) is 10.8 Å². The zero-order chi connectivity index (χ0) is 29.5. The highest BCUT2D eigenvalue weighted by atomic mass is 35.5. The molecule has 0 unspecified atom stereocenters. The number of sulfonamides is 1. The molecule has 0 bridgehead atoms. The number of anilines is 2. The van der Waals surface area contributed by atoms with Gasteiger partial charge in [-0.15, -0.1) is 11.3 Å². The number of hydrogen-bond donors (Lipinski definition) is 4. The van der Waals surface area contributed by atoms with E-state index in [1.807, 2.05) is 13.8 Å². The van der Waals surface area contributed by atoms with Crippen LogP contribution >= 0.6 is 22.9 Å². The highest BCUT2D eigenvalue weighted by Gasteiger charge is 2.27. The van der Waals surface area contributed by atoms with Gasteiger partial charge in [0.2, 0.25) is 10.0 Å². The lowest BCUT2D eigenvalue weighted by Crippen LogP contribution is -2.44. The topological polar surface area (TPSA) is 179 Å². The number of H-pyrrole nitrogens is 1. The number of benzene rings is 1. The molecule has 5 rings (SSSR count). The molecule has 13 nitrogen and oxygen atoms in total. The summed E-state index contributed by atoms with van der Waals surface area (Å²) >= 11 is 7.04. The Balaban J connectivity index is 1.46. The number of carboxylic acids is 1. The van der Waals surface area contributed by atoms with Gasteiger partial charge in [-0.1, -0.05) is 11.6 Å². The molecule has 0 spiro atoms. The Morgan fingerprint density at radius 2 is 1.88 bits per heavy atom. The van der Waals surface area contributed by atoms with E-state index >= 15 is 0 Å². The number of pyridine rings is 1. The molecule has 4 aromatic rings. The highest BCUT2D eigenvalue weighted by Crippen LogP contribution is 2.33. The van der Waals surface area contributed by atoms with Gasteiger partial charge in [-0.25, -0.2) is 23.2 Å². The van der Waals surface area contributed by atoms with Crippen LogP contribution in [-0.2, 0) is 21.3 Å². The van der Waals surface area contributed by atoms with Crippen LogP contribution in [0.15, 0.2) is 30.6 Å². The number of ether oxygens (including phenoxy) is 1. The van der Waals surface area contributed by atoms with Crippen molar-refractivity contribution in [3.63, 3.8) is 0 Å². The van der Waals surface area contributed by atoms with Crippen LogP contribution in [0.25, 0.3) is 22.0 Å². The van der Waals surface area contributed by atoms with Crippen LogP contribution < -0.4 is 10.0 Å². The van der Waals surface area contributed by atoms with E-state index in [2.05, 4.69) is 35.1 Å². The van der Waals surface area contributed by atoms with Gasteiger partial charge >= 0.3 is 5.97 Å². The molecule has 1 amide bonds. The molecule has 2 atom stereocenters. The zero-order valence-corrected chi connectivity index (χ0v) is 24.5. The lowest BCUT2D eigenvalue weighted by molar-refractivity contribution is -0.0705. The minimum absolute atomic E-state index is 0.0270. The van der Waals surface area contributed by atoms with E-state index in [4.69, 9.17) is 16.3 Å². The fraction of sp³-hybridized carbons (Fsp3) is 0.320. The number of carboxylic acid groups (broad SMARTS) is 1. The molecule has 16 heteroatoms. The van der Waals surface area contributed by atoms with Gasteiger partial charge in [-0.05, 0) is 37.6 Å². The smallest absolute Gasteiger partial charge is 0.348 e. The van der Waals surface area contributed by atoms with Crippen LogP contribution in [0.3, 0.4) is 0 Å². The number of hydrogen-bond acceptors (Lipinski definition) is 10. The molecule has 1 aromatic carbocycles. The summed E-state index contributed by atoms with van der Waals surface area (Å²) < 4.78 is 31.6. The summed E-state index contributed by atoms with van der Waals surface area (Å²) in [6.07, 6.45) is 4.04. The van der Waals surface area contributed by atoms with Crippen molar-refractivity contribution < 1.29 is 27.9 Å². The number of amides is 1. The molecule has 0 aliphatic carbocycles. The average Bonchev–Trinajstić information content (AvgIpc) is 3.51. The monoisotopic (exact) mass is 619 g/mol. The van der Waals surface area contributed by atoms with Gasteiger partial charge < -0.3 is 15.2 Å². The largest absolute Gasteiger partial charge is 0.477 e. The minimum atomic E-state index is -3.61. The Hall–Kier alpha value is -3.63. The number of nitrogens with one attached hydrogen (secondary N) is 3. The second-order valence-corrected chi connectivity index (χ2v) is 13.0. The van der Waals surface area contributed by atoms with Crippen LogP contribution in [0.5, 0.6) is 0 Å². The summed E-state index contributed by atoms with van der Waals surface area (Å²) in [6.45, 7) is 5.67. The van der Waals surface area contributed by atoms with Crippen molar-refractivity contribution in [1.82, 2.24) is 25.1 Å². The third kappa shape index (κ3) is 6.65. The summed E-state index contributed by atoms with van der Waals surface area (Å²) in [4.78, 5) is 35.9. The zero-order valence-electron chi connectivity index (χ0n) is 22.1. The quantitative estimate of drug-likeness (QED) is 0.213. The summed E-state index contributed by atoms with van der Waals surface area (Å²) in [5, 5.41) is 20.6. The number of fused-ring (bicyclic) bond motifs is 1. The van der Waals surface area contributed by atoms with Crippen LogP contribution in [0.4, 0.5) is 11.4 Å². The molecule has 4 N–H and O–H groups in total. The molecule has 1 fully saturated rings. The van der Waals surface area contributed by atoms with Gasteiger partial charge in [0.1, 0.15) is 9.88 Å². The standard InChI is InChI=1S/C25H26ClN7O6S2/c1-12-9-33(10-13(2)39-12)11-20-30-21(22(40-20)25(35)36)24(34)29-17-4-14(5-18-16(17)8-28-31-18)15-6-19(23(26)27-7-15)32-41(3,37)38/h4-8,12-13,32H,9-11H2,1-3H3,(H,28,31)(H,29,34)(H,35,36)/t12-,13+. The number of carbonyl (C=O) groups excluding carboxylic acids is 1. The van der Waals surface area contributed by atoms with Crippen molar-refractivity contribution in [2.75, 3.05) is 29.4 Å². The lowest BCUT2D eigenvalue weighted by Gasteiger charge is -2.34. The minimum Gasteiger partial charge on any atom is -0.477 e. The predicted octanol–water partition coefficient (Wildman–Crippen LogP) is 3.67. The van der Waals surface area contributed by atoms with Crippen LogP contribution in [0.2, 0.25) is 5.15 Å². The summed E-state index contributed by atoms with van der Waals surface area (Å²) in [5.41, 5.74) is 1.87. The number of aromatic nitrogens is 4. The predicted molar refractivity (Wildman–Crippen MR) is 155 cm³/mol. The number of halogens is 1. The number of aromatic carboxylic acids is 1. The van der Waals surface area contributed by atoms with Crippen LogP contribution in [-0.4, -0.2) is 82.0 Å². The SMILES string of the molecule is C[C@@H]1CN(Cc2nc(C(=O)Nc3cc(-c4cnc(Cl)c(NS(C)(=O)=O)c4)cc4[nH]ncc34)c(C(=O)O)s2)C[C@H](C)O1. The second kappa shape index (κ2) is 11.3. The maximum atomic E-state index is 13.4. The van der Waals surface area contributed by atoms with E-state index in [1.165, 1.54) is 18.5 Å². The first kappa shape index (κ1) is 28.9. The number of nitrogens with zero attached hydrogens (tertiary/aromatic N) is 4. The van der Waals surface area contributed by atoms with Crippen molar-refractivity contribution in [3.8, 4) is 11.1 Å². The molecular formula is C25H26ClN7O6S2. The summed E-state index contributed by atoms with van der Waals surface area (Å²) in [5.74, 6) is -1.94. The van der Waals surface area contributed by atoms with Crippen molar-refractivity contribution in [2.24, 2.45) is 0 Å². The summed E-state index contributed by atoms with van der Waals surface area (Å²) in [6, 6.07) is 4.91. The Morgan fingerprint density at radius 1 is 1.17 bits per heavy atom. The molecule has 1 aliphatic heterocycles. The number of thiazole rings is 1. The third-order valence-corrected chi connectivity index (χ3v) is 8.13. The van der Waals surface area contributed by atoms with E-state index in [9.17, 15) is 23.1 Å². The first-order valence-corrected chi connectivity index (χ1v) is 15.5. The van der Waals surface area contributed by atoms with E-state index in [0.717, 1.165) is 17.6 Å². The van der Waals surface area contributed by atoms with Gasteiger partial charge in [0.05, 0.1) is 48.1 Å². The number of carbonyl (C=O) groups is 2. The molecule has 1 saturated heterocycles. The molecule has 216 valence electrons. The van der Waals surface area contributed by atoms with Gasteiger partial charge in [-0.2, -0.15) is 5.10 Å². The maximum absolute atomic E-state index is 13.4.